The molecule has 4 nitrogen and oxygen atoms in total. The van der Waals surface area contributed by atoms with Gasteiger partial charge in [-0.15, -0.1) is 0 Å². The van der Waals surface area contributed by atoms with Crippen molar-refractivity contribution in [2.45, 2.75) is 31.7 Å². The number of nitrogens with zero attached hydrogens (tertiary/aromatic N) is 2. The third-order valence-electron chi connectivity index (χ3n) is 2.84. The normalized spacial score (nSPS) is 12.6. The molecule has 0 saturated carbocycles. The molecule has 0 bridgehead atoms. The van der Waals surface area contributed by atoms with E-state index in [1.165, 1.54) is 0 Å². The van der Waals surface area contributed by atoms with Gasteiger partial charge in [0, 0.05) is 12.3 Å². The lowest BCUT2D eigenvalue weighted by molar-refractivity contribution is 0.600. The molecular weight excluding hydrogens is 272 g/mol. The SMILES string of the molecule is Cc1nc2cc(S(C)(=O)=O)c(Cl)cc2n1C(C)C. The van der Waals surface area contributed by atoms with Crippen LogP contribution < -0.4 is 0 Å². The van der Waals surface area contributed by atoms with Crippen molar-refractivity contribution in [1.82, 2.24) is 9.55 Å². The minimum atomic E-state index is -3.33. The molecule has 0 amide bonds. The Bertz CT molecular complexity index is 717. The zero-order valence-electron chi connectivity index (χ0n) is 10.7. The molecule has 0 saturated heterocycles. The van der Waals surface area contributed by atoms with Crippen LogP contribution in [0.2, 0.25) is 5.02 Å². The van der Waals surface area contributed by atoms with Gasteiger partial charge in [0.15, 0.2) is 9.84 Å². The Labute approximate surface area is 112 Å². The summed E-state index contributed by atoms with van der Waals surface area (Å²) >= 11 is 6.05. The number of rotatable bonds is 2. The van der Waals surface area contributed by atoms with E-state index in [2.05, 4.69) is 4.98 Å². The number of sulfone groups is 1. The average molecular weight is 287 g/mol. The fourth-order valence-corrected chi connectivity index (χ4v) is 3.47. The van der Waals surface area contributed by atoms with Crippen LogP contribution in [-0.4, -0.2) is 24.2 Å². The number of hydrogen-bond donors (Lipinski definition) is 0. The number of hydrogen-bond acceptors (Lipinski definition) is 3. The Kier molecular flexibility index (Phi) is 3.15. The molecule has 0 N–H and O–H groups in total. The minimum Gasteiger partial charge on any atom is -0.326 e. The van der Waals surface area contributed by atoms with Crippen molar-refractivity contribution >= 4 is 32.5 Å². The second-order valence-corrected chi connectivity index (χ2v) is 7.06. The molecule has 1 aromatic carbocycles. The molecule has 0 spiro atoms. The van der Waals surface area contributed by atoms with Gasteiger partial charge < -0.3 is 4.57 Å². The van der Waals surface area contributed by atoms with Crippen LogP contribution in [0.4, 0.5) is 0 Å². The van der Waals surface area contributed by atoms with E-state index in [4.69, 9.17) is 11.6 Å². The average Bonchev–Trinajstić information content (AvgIpc) is 2.50. The number of imidazole rings is 1. The van der Waals surface area contributed by atoms with Crippen molar-refractivity contribution in [3.63, 3.8) is 0 Å². The van der Waals surface area contributed by atoms with Gasteiger partial charge in [0.05, 0.1) is 21.0 Å². The number of aryl methyl sites for hydroxylation is 1. The molecule has 2 rings (SSSR count). The molecule has 6 heteroatoms. The fourth-order valence-electron chi connectivity index (χ4n) is 2.15. The van der Waals surface area contributed by atoms with Crippen molar-refractivity contribution in [2.24, 2.45) is 0 Å². The van der Waals surface area contributed by atoms with E-state index in [-0.39, 0.29) is 16.0 Å². The first-order valence-electron chi connectivity index (χ1n) is 5.60. The fraction of sp³-hybridized carbons (Fsp3) is 0.417. The van der Waals surface area contributed by atoms with Crippen molar-refractivity contribution in [2.75, 3.05) is 6.26 Å². The molecule has 0 radical (unpaired) electrons. The highest BCUT2D eigenvalue weighted by molar-refractivity contribution is 7.90. The standard InChI is InChI=1S/C12H15ClN2O2S/c1-7(2)15-8(3)14-10-6-12(18(4,16)17)9(13)5-11(10)15/h5-7H,1-4H3. The zero-order valence-corrected chi connectivity index (χ0v) is 12.3. The maximum Gasteiger partial charge on any atom is 0.177 e. The van der Waals surface area contributed by atoms with Crippen LogP contribution in [0.5, 0.6) is 0 Å². The molecule has 98 valence electrons. The van der Waals surface area contributed by atoms with Gasteiger partial charge >= 0.3 is 0 Å². The van der Waals surface area contributed by atoms with Crippen LogP contribution in [0.15, 0.2) is 17.0 Å². The lowest BCUT2D eigenvalue weighted by atomic mass is 10.3. The van der Waals surface area contributed by atoms with E-state index in [1.54, 1.807) is 12.1 Å². The molecule has 0 fully saturated rings. The molecule has 1 heterocycles. The van der Waals surface area contributed by atoms with Gasteiger partial charge in [-0.2, -0.15) is 0 Å². The maximum atomic E-state index is 11.6. The third-order valence-corrected chi connectivity index (χ3v) is 4.40. The molecule has 0 unspecified atom stereocenters. The van der Waals surface area contributed by atoms with E-state index < -0.39 is 9.84 Å². The predicted octanol–water partition coefficient (Wildman–Crippen LogP) is 2.98. The lowest BCUT2D eigenvalue weighted by Gasteiger charge is -2.11. The molecular formula is C12H15ClN2O2S. The minimum absolute atomic E-state index is 0.130. The molecule has 18 heavy (non-hydrogen) atoms. The maximum absolute atomic E-state index is 11.6. The van der Waals surface area contributed by atoms with E-state index in [1.807, 2.05) is 25.3 Å². The summed E-state index contributed by atoms with van der Waals surface area (Å²) in [5.41, 5.74) is 1.52. The second kappa shape index (κ2) is 4.24. The van der Waals surface area contributed by atoms with Crippen molar-refractivity contribution in [3.05, 3.63) is 23.0 Å². The van der Waals surface area contributed by atoms with Gasteiger partial charge in [0.1, 0.15) is 5.82 Å². The summed E-state index contributed by atoms with van der Waals surface area (Å²) in [5, 5.41) is 0.242. The lowest BCUT2D eigenvalue weighted by Crippen LogP contribution is -2.03. The van der Waals surface area contributed by atoms with Gasteiger partial charge in [-0.3, -0.25) is 0 Å². The summed E-state index contributed by atoms with van der Waals surface area (Å²) in [4.78, 5) is 4.52. The summed E-state index contributed by atoms with van der Waals surface area (Å²) in [5.74, 6) is 0.849. The predicted molar refractivity (Wildman–Crippen MR) is 73.0 cm³/mol. The van der Waals surface area contributed by atoms with E-state index in [0.717, 1.165) is 17.6 Å². The third kappa shape index (κ3) is 2.12. The molecule has 0 atom stereocenters. The number of aromatic nitrogens is 2. The van der Waals surface area contributed by atoms with Crippen LogP contribution in [0.1, 0.15) is 25.7 Å². The number of benzene rings is 1. The first kappa shape index (κ1) is 13.4. The summed E-state index contributed by atoms with van der Waals surface area (Å²) in [7, 11) is -3.33. The van der Waals surface area contributed by atoms with Gasteiger partial charge in [0.25, 0.3) is 0 Å². The van der Waals surface area contributed by atoms with Crippen LogP contribution in [0, 0.1) is 6.92 Å². The Hall–Kier alpha value is -1.07. The highest BCUT2D eigenvalue weighted by Crippen LogP contribution is 2.29. The van der Waals surface area contributed by atoms with Gasteiger partial charge in [0.2, 0.25) is 0 Å². The topological polar surface area (TPSA) is 52.0 Å². The molecule has 1 aromatic heterocycles. The van der Waals surface area contributed by atoms with Gasteiger partial charge in [-0.1, -0.05) is 11.6 Å². The van der Waals surface area contributed by atoms with Crippen molar-refractivity contribution < 1.29 is 8.42 Å². The van der Waals surface area contributed by atoms with Gasteiger partial charge in [-0.25, -0.2) is 13.4 Å². The molecule has 0 aliphatic heterocycles. The van der Waals surface area contributed by atoms with E-state index in [0.29, 0.717) is 5.52 Å². The van der Waals surface area contributed by atoms with E-state index >= 15 is 0 Å². The van der Waals surface area contributed by atoms with Crippen LogP contribution in [0.25, 0.3) is 11.0 Å². The highest BCUT2D eigenvalue weighted by atomic mass is 35.5. The summed E-state index contributed by atoms with van der Waals surface area (Å²) in [6.07, 6.45) is 1.15. The quantitative estimate of drug-likeness (QED) is 0.853. The number of halogens is 1. The smallest absolute Gasteiger partial charge is 0.177 e. The van der Waals surface area contributed by atoms with Crippen LogP contribution in [-0.2, 0) is 9.84 Å². The Morgan fingerprint density at radius 3 is 2.44 bits per heavy atom. The largest absolute Gasteiger partial charge is 0.326 e. The second-order valence-electron chi connectivity index (χ2n) is 4.67. The van der Waals surface area contributed by atoms with E-state index in [9.17, 15) is 8.42 Å². The summed E-state index contributed by atoms with van der Waals surface area (Å²) in [6.45, 7) is 5.99. The monoisotopic (exact) mass is 286 g/mol. The Morgan fingerprint density at radius 1 is 1.33 bits per heavy atom. The van der Waals surface area contributed by atoms with Crippen LogP contribution >= 0.6 is 11.6 Å². The van der Waals surface area contributed by atoms with Crippen molar-refractivity contribution in [1.29, 1.82) is 0 Å². The number of fused-ring (bicyclic) bond motifs is 1. The molecule has 0 aliphatic rings. The summed E-state index contributed by atoms with van der Waals surface area (Å²) < 4.78 is 25.2. The molecule has 2 aromatic rings. The zero-order chi connectivity index (χ0) is 13.7. The summed E-state index contributed by atoms with van der Waals surface area (Å²) in [6, 6.07) is 3.46. The molecule has 0 aliphatic carbocycles. The van der Waals surface area contributed by atoms with Crippen LogP contribution in [0.3, 0.4) is 0 Å². The highest BCUT2D eigenvalue weighted by Gasteiger charge is 2.17. The first-order valence-corrected chi connectivity index (χ1v) is 7.87. The Morgan fingerprint density at radius 2 is 1.94 bits per heavy atom. The van der Waals surface area contributed by atoms with Gasteiger partial charge in [-0.05, 0) is 32.9 Å². The Balaban J connectivity index is 2.84. The van der Waals surface area contributed by atoms with Crippen molar-refractivity contribution in [3.8, 4) is 0 Å². The first-order chi connectivity index (χ1) is 8.21.